The number of rotatable bonds is 17. The van der Waals surface area contributed by atoms with Crippen LogP contribution in [0, 0.1) is 0 Å². The molecule has 0 aromatic heterocycles. The van der Waals surface area contributed by atoms with Gasteiger partial charge in [0.15, 0.2) is 0 Å². The van der Waals surface area contributed by atoms with Gasteiger partial charge in [0.1, 0.15) is 0 Å². The first-order valence-electron chi connectivity index (χ1n) is 9.49. The molecule has 3 heteroatoms. The predicted octanol–water partition coefficient (Wildman–Crippen LogP) is 5.81. The van der Waals surface area contributed by atoms with E-state index in [4.69, 9.17) is 5.11 Å². The van der Waals surface area contributed by atoms with Gasteiger partial charge in [-0.15, -0.1) is 0 Å². The molecule has 0 atom stereocenters. The summed E-state index contributed by atoms with van der Waals surface area (Å²) in [4.78, 5) is 10.3. The van der Waals surface area contributed by atoms with Gasteiger partial charge in [-0.2, -0.15) is 0 Å². The van der Waals surface area contributed by atoms with Crippen molar-refractivity contribution in [1.82, 2.24) is 0 Å². The van der Waals surface area contributed by atoms with Crippen LogP contribution < -0.4 is 0 Å². The molecule has 0 radical (unpaired) electrons. The molecule has 0 heterocycles. The number of carboxylic acids is 1. The van der Waals surface area contributed by atoms with Crippen LogP contribution in [0.4, 0.5) is 0 Å². The van der Waals surface area contributed by atoms with Crippen molar-refractivity contribution in [3.05, 3.63) is 0 Å². The predicted molar refractivity (Wildman–Crippen MR) is 100 cm³/mol. The van der Waals surface area contributed by atoms with Crippen LogP contribution in [-0.4, -0.2) is 56.6 Å². The topological polar surface area (TPSA) is 37.3 Å². The van der Waals surface area contributed by atoms with Crippen molar-refractivity contribution in [3.63, 3.8) is 0 Å². The van der Waals surface area contributed by atoms with Crippen LogP contribution in [0.2, 0.25) is 0 Å². The summed E-state index contributed by atoms with van der Waals surface area (Å²) >= 11 is 0. The first kappa shape index (κ1) is 25.2. The molecule has 0 aliphatic rings. The maximum atomic E-state index is 10.3. The van der Waals surface area contributed by atoms with Crippen LogP contribution in [0.15, 0.2) is 0 Å². The third-order valence-electron chi connectivity index (χ3n) is 4.24. The van der Waals surface area contributed by atoms with Crippen LogP contribution in [0.1, 0.15) is 116 Å². The first-order chi connectivity index (χ1) is 10.3. The molecule has 0 saturated carbocycles. The summed E-state index contributed by atoms with van der Waals surface area (Å²) in [5, 5.41) is 8.53. The number of carboxylic acid groups (broad SMARTS) is 1. The van der Waals surface area contributed by atoms with E-state index in [2.05, 4.69) is 6.92 Å². The molecule has 0 aromatic carbocycles. The van der Waals surface area contributed by atoms with Gasteiger partial charge in [-0.3, -0.25) is 4.79 Å². The molecular weight excluding hydrogens is 348 g/mol. The molecule has 0 aliphatic heterocycles. The van der Waals surface area contributed by atoms with Crippen molar-refractivity contribution < 1.29 is 9.90 Å². The van der Waals surface area contributed by atoms with Crippen molar-refractivity contribution in [3.8, 4) is 0 Å². The fourth-order valence-electron chi connectivity index (χ4n) is 2.82. The van der Waals surface area contributed by atoms with Crippen molar-refractivity contribution in [2.24, 2.45) is 0 Å². The van der Waals surface area contributed by atoms with Crippen LogP contribution in [0.25, 0.3) is 0 Å². The van der Waals surface area contributed by atoms with Gasteiger partial charge in [0, 0.05) is 6.42 Å². The molecule has 0 bridgehead atoms. The number of hydrogen-bond donors (Lipinski definition) is 1. The molecule has 0 unspecified atom stereocenters. The Balaban J connectivity index is 0. The summed E-state index contributed by atoms with van der Waals surface area (Å²) < 4.78 is 0. The summed E-state index contributed by atoms with van der Waals surface area (Å²) in [6, 6.07) is 0. The Hall–Kier alpha value is 0.951. The van der Waals surface area contributed by atoms with Crippen LogP contribution in [0.5, 0.6) is 0 Å². The Morgan fingerprint density at radius 1 is 0.591 bits per heavy atom. The Labute approximate surface area is 176 Å². The van der Waals surface area contributed by atoms with Crippen molar-refractivity contribution in [2.75, 3.05) is 0 Å². The van der Waals surface area contributed by atoms with Crippen LogP contribution >= 0.6 is 0 Å². The van der Waals surface area contributed by atoms with Gasteiger partial charge in [-0.25, -0.2) is 0 Å². The number of carbonyl (C=O) groups is 1. The molecule has 0 aliphatic carbocycles. The van der Waals surface area contributed by atoms with Crippen molar-refractivity contribution in [1.29, 1.82) is 0 Å². The van der Waals surface area contributed by atoms with Crippen molar-refractivity contribution in [2.45, 2.75) is 116 Å². The van der Waals surface area contributed by atoms with Gasteiger partial charge < -0.3 is 5.11 Å². The number of unbranched alkanes of at least 4 members (excludes halogenated alkanes) is 15. The zero-order chi connectivity index (χ0) is 15.6. The third-order valence-corrected chi connectivity index (χ3v) is 4.24. The summed E-state index contributed by atoms with van der Waals surface area (Å²) in [6.07, 6.45) is 21.7. The number of hydrogen-bond acceptors (Lipinski definition) is 1. The molecule has 1 N–H and O–H groups in total. The molecule has 130 valence electrons. The Kier molecular flexibility index (Phi) is 25.1. The van der Waals surface area contributed by atoms with Crippen LogP contribution in [0.3, 0.4) is 0 Å². The number of aliphatic carboxylic acids is 1. The fraction of sp³-hybridized carbons (Fsp3) is 0.947. The van der Waals surface area contributed by atoms with Gasteiger partial charge in [-0.05, 0) is 6.42 Å². The van der Waals surface area contributed by atoms with Crippen molar-refractivity contribution >= 4 is 51.5 Å². The van der Waals surface area contributed by atoms with E-state index in [-0.39, 0.29) is 45.5 Å². The Bertz CT molecular complexity index is 219. The molecule has 2 nitrogen and oxygen atoms in total. The van der Waals surface area contributed by atoms with Gasteiger partial charge in [0.2, 0.25) is 0 Å². The van der Waals surface area contributed by atoms with E-state index in [1.54, 1.807) is 0 Å². The normalized spacial score (nSPS) is 10.4. The minimum atomic E-state index is -0.652. The second-order valence-corrected chi connectivity index (χ2v) is 6.45. The van der Waals surface area contributed by atoms with E-state index in [0.29, 0.717) is 6.42 Å². The monoisotopic (exact) mass is 388 g/mol. The zero-order valence-electron chi connectivity index (χ0n) is 14.4. The van der Waals surface area contributed by atoms with E-state index in [1.807, 2.05) is 0 Å². The van der Waals surface area contributed by atoms with Crippen LogP contribution in [-0.2, 0) is 4.79 Å². The molecule has 0 spiro atoms. The molecule has 22 heavy (non-hydrogen) atoms. The molecule has 0 saturated heterocycles. The average Bonchev–Trinajstić information content (AvgIpc) is 2.46. The molecule has 0 aromatic rings. The van der Waals surface area contributed by atoms with Gasteiger partial charge in [0.25, 0.3) is 0 Å². The van der Waals surface area contributed by atoms with Gasteiger partial charge in [0.05, 0.1) is 0 Å². The Morgan fingerprint density at radius 3 is 1.14 bits per heavy atom. The Morgan fingerprint density at radius 2 is 0.864 bits per heavy atom. The molecule has 0 fully saturated rings. The SMILES string of the molecule is CCCCCCCCCCCCCCCCCCC(=O)O.[SrH2]. The van der Waals surface area contributed by atoms with E-state index < -0.39 is 5.97 Å². The second-order valence-electron chi connectivity index (χ2n) is 6.45. The quantitative estimate of drug-likeness (QED) is 0.252. The second kappa shape index (κ2) is 22.0. The summed E-state index contributed by atoms with van der Waals surface area (Å²) in [5.74, 6) is -0.652. The summed E-state index contributed by atoms with van der Waals surface area (Å²) in [5.41, 5.74) is 0. The summed E-state index contributed by atoms with van der Waals surface area (Å²) in [6.45, 7) is 2.27. The van der Waals surface area contributed by atoms with Gasteiger partial charge in [-0.1, -0.05) is 103 Å². The minimum absolute atomic E-state index is 0. The first-order valence-corrected chi connectivity index (χ1v) is 9.49. The van der Waals surface area contributed by atoms with E-state index in [0.717, 1.165) is 12.8 Å². The fourth-order valence-corrected chi connectivity index (χ4v) is 2.82. The third kappa shape index (κ3) is 23.2. The van der Waals surface area contributed by atoms with E-state index in [1.165, 1.54) is 89.9 Å². The maximum absolute atomic E-state index is 10.3. The molecule has 0 amide bonds. The van der Waals surface area contributed by atoms with Gasteiger partial charge >= 0.3 is 51.5 Å². The molecular formula is C19H40O2Sr. The molecule has 0 rings (SSSR count). The average molecular weight is 388 g/mol. The van der Waals surface area contributed by atoms with E-state index >= 15 is 0 Å². The van der Waals surface area contributed by atoms with E-state index in [9.17, 15) is 4.79 Å². The summed E-state index contributed by atoms with van der Waals surface area (Å²) in [7, 11) is 0. The zero-order valence-corrected chi connectivity index (χ0v) is 14.4. The standard InChI is InChI=1S/C19H38O2.Sr.2H/c1-2-3-4-5-6-7-8-9-10-11-12-13-14-15-16-17-18-19(20)21;;;/h2-18H2,1H3,(H,20,21);;;.